The van der Waals surface area contributed by atoms with Crippen LogP contribution in [0.25, 0.3) is 0 Å². The number of rotatable bonds is 4. The molecule has 1 aromatic heterocycles. The Morgan fingerprint density at radius 1 is 1.20 bits per heavy atom. The van der Waals surface area contributed by atoms with Gasteiger partial charge in [0, 0.05) is 38.6 Å². The molecule has 0 radical (unpaired) electrons. The number of benzene rings is 1. The molecule has 0 atom stereocenters. The van der Waals surface area contributed by atoms with E-state index in [2.05, 4.69) is 41.9 Å². The standard InChI is InChI=1S/C20H25N3O2/c1-15-4-5-16(2)17(12-15)14-22(3)20(24)19-13-18(6-7-21-19)23-8-10-25-11-9-23/h4-7,12-13H,8-11,14H2,1-3H3. The Labute approximate surface area is 149 Å². The first-order valence-electron chi connectivity index (χ1n) is 8.65. The average molecular weight is 339 g/mol. The van der Waals surface area contributed by atoms with E-state index >= 15 is 0 Å². The second kappa shape index (κ2) is 7.66. The molecule has 0 spiro atoms. The lowest BCUT2D eigenvalue weighted by atomic mass is 10.1. The van der Waals surface area contributed by atoms with Crippen LogP contribution in [-0.2, 0) is 11.3 Å². The lowest BCUT2D eigenvalue weighted by molar-refractivity contribution is 0.0779. The maximum absolute atomic E-state index is 12.8. The highest BCUT2D eigenvalue weighted by Gasteiger charge is 2.17. The van der Waals surface area contributed by atoms with Crippen molar-refractivity contribution in [3.63, 3.8) is 0 Å². The van der Waals surface area contributed by atoms with Gasteiger partial charge in [0.05, 0.1) is 13.2 Å². The van der Waals surface area contributed by atoms with E-state index in [1.807, 2.05) is 19.2 Å². The number of hydrogen-bond acceptors (Lipinski definition) is 4. The fourth-order valence-corrected chi connectivity index (χ4v) is 3.05. The lowest BCUT2D eigenvalue weighted by Crippen LogP contribution is -2.36. The van der Waals surface area contributed by atoms with Gasteiger partial charge in [-0.1, -0.05) is 23.8 Å². The molecule has 1 aromatic carbocycles. The summed E-state index contributed by atoms with van der Waals surface area (Å²) >= 11 is 0. The van der Waals surface area contributed by atoms with E-state index in [4.69, 9.17) is 4.74 Å². The van der Waals surface area contributed by atoms with Crippen molar-refractivity contribution in [3.05, 3.63) is 58.9 Å². The molecule has 1 fully saturated rings. The molecule has 1 aliphatic heterocycles. The number of morpholine rings is 1. The summed E-state index contributed by atoms with van der Waals surface area (Å²) in [7, 11) is 1.83. The molecule has 0 aliphatic carbocycles. The maximum atomic E-state index is 12.8. The molecule has 5 nitrogen and oxygen atoms in total. The van der Waals surface area contributed by atoms with E-state index in [9.17, 15) is 4.79 Å². The Morgan fingerprint density at radius 2 is 1.96 bits per heavy atom. The van der Waals surface area contributed by atoms with Gasteiger partial charge >= 0.3 is 0 Å². The molecule has 5 heteroatoms. The fourth-order valence-electron chi connectivity index (χ4n) is 3.05. The van der Waals surface area contributed by atoms with Gasteiger partial charge in [0.25, 0.3) is 5.91 Å². The van der Waals surface area contributed by atoms with Crippen LogP contribution in [0, 0.1) is 13.8 Å². The first-order valence-corrected chi connectivity index (χ1v) is 8.65. The van der Waals surface area contributed by atoms with Gasteiger partial charge in [-0.2, -0.15) is 0 Å². The van der Waals surface area contributed by atoms with E-state index in [-0.39, 0.29) is 5.91 Å². The quantitative estimate of drug-likeness (QED) is 0.859. The van der Waals surface area contributed by atoms with Crippen molar-refractivity contribution in [2.24, 2.45) is 0 Å². The van der Waals surface area contributed by atoms with Gasteiger partial charge in [0.1, 0.15) is 5.69 Å². The Kier molecular flexibility index (Phi) is 5.34. The fraction of sp³-hybridized carbons (Fsp3) is 0.400. The average Bonchev–Trinajstić information content (AvgIpc) is 2.65. The van der Waals surface area contributed by atoms with Crippen LogP contribution in [-0.4, -0.2) is 49.1 Å². The van der Waals surface area contributed by atoms with E-state index in [1.54, 1.807) is 11.1 Å². The first kappa shape index (κ1) is 17.4. The Bertz CT molecular complexity index is 754. The highest BCUT2D eigenvalue weighted by Crippen LogP contribution is 2.18. The monoisotopic (exact) mass is 339 g/mol. The summed E-state index contributed by atoms with van der Waals surface area (Å²) in [5.74, 6) is -0.0592. The minimum Gasteiger partial charge on any atom is -0.378 e. The number of aromatic nitrogens is 1. The molecule has 1 aliphatic rings. The van der Waals surface area contributed by atoms with Gasteiger partial charge in [-0.15, -0.1) is 0 Å². The highest BCUT2D eigenvalue weighted by molar-refractivity contribution is 5.93. The van der Waals surface area contributed by atoms with Gasteiger partial charge in [-0.3, -0.25) is 9.78 Å². The van der Waals surface area contributed by atoms with Gasteiger partial charge in [0.15, 0.2) is 0 Å². The number of ether oxygens (including phenoxy) is 1. The molecule has 1 amide bonds. The Hall–Kier alpha value is -2.40. The molecule has 0 N–H and O–H groups in total. The molecule has 0 saturated carbocycles. The lowest BCUT2D eigenvalue weighted by Gasteiger charge is -2.29. The molecule has 0 bridgehead atoms. The van der Waals surface area contributed by atoms with Crippen molar-refractivity contribution in [1.29, 1.82) is 0 Å². The van der Waals surface area contributed by atoms with Crippen molar-refractivity contribution in [2.45, 2.75) is 20.4 Å². The molecule has 2 heterocycles. The smallest absolute Gasteiger partial charge is 0.272 e. The number of nitrogens with zero attached hydrogens (tertiary/aromatic N) is 3. The van der Waals surface area contributed by atoms with Crippen LogP contribution in [0.15, 0.2) is 36.5 Å². The number of carbonyl (C=O) groups excluding carboxylic acids is 1. The van der Waals surface area contributed by atoms with Crippen LogP contribution in [0.4, 0.5) is 5.69 Å². The number of hydrogen-bond donors (Lipinski definition) is 0. The predicted octanol–water partition coefficient (Wildman–Crippen LogP) is 2.81. The Balaban J connectivity index is 1.74. The highest BCUT2D eigenvalue weighted by atomic mass is 16.5. The second-order valence-corrected chi connectivity index (χ2v) is 6.59. The normalized spacial score (nSPS) is 14.4. The summed E-state index contributed by atoms with van der Waals surface area (Å²) in [6, 6.07) is 10.2. The molecule has 3 rings (SSSR count). The van der Waals surface area contributed by atoms with Gasteiger partial charge in [-0.25, -0.2) is 0 Å². The number of aryl methyl sites for hydroxylation is 2. The SMILES string of the molecule is Cc1ccc(C)c(CN(C)C(=O)c2cc(N3CCOCC3)ccn2)c1. The van der Waals surface area contributed by atoms with E-state index in [0.717, 1.165) is 32.0 Å². The summed E-state index contributed by atoms with van der Waals surface area (Å²) in [5.41, 5.74) is 5.08. The van der Waals surface area contributed by atoms with Crippen molar-refractivity contribution >= 4 is 11.6 Å². The zero-order chi connectivity index (χ0) is 17.8. The predicted molar refractivity (Wildman–Crippen MR) is 99.0 cm³/mol. The molecule has 25 heavy (non-hydrogen) atoms. The largest absolute Gasteiger partial charge is 0.378 e. The molecule has 2 aromatic rings. The number of carbonyl (C=O) groups is 1. The third-order valence-electron chi connectivity index (χ3n) is 4.60. The third-order valence-corrected chi connectivity index (χ3v) is 4.60. The van der Waals surface area contributed by atoms with Gasteiger partial charge in [0.2, 0.25) is 0 Å². The van der Waals surface area contributed by atoms with Crippen molar-refractivity contribution < 1.29 is 9.53 Å². The van der Waals surface area contributed by atoms with E-state index in [1.165, 1.54) is 16.7 Å². The summed E-state index contributed by atoms with van der Waals surface area (Å²) in [4.78, 5) is 21.0. The van der Waals surface area contributed by atoms with Gasteiger partial charge < -0.3 is 14.5 Å². The van der Waals surface area contributed by atoms with Gasteiger partial charge in [-0.05, 0) is 37.1 Å². The van der Waals surface area contributed by atoms with Crippen molar-refractivity contribution in [2.75, 3.05) is 38.3 Å². The molecular weight excluding hydrogens is 314 g/mol. The van der Waals surface area contributed by atoms with Crippen molar-refractivity contribution in [3.8, 4) is 0 Å². The van der Waals surface area contributed by atoms with Crippen LogP contribution in [0.1, 0.15) is 27.2 Å². The molecule has 0 unspecified atom stereocenters. The van der Waals surface area contributed by atoms with Crippen LogP contribution in [0.3, 0.4) is 0 Å². The second-order valence-electron chi connectivity index (χ2n) is 6.59. The maximum Gasteiger partial charge on any atom is 0.272 e. The van der Waals surface area contributed by atoms with Crippen LogP contribution >= 0.6 is 0 Å². The van der Waals surface area contributed by atoms with Crippen LogP contribution < -0.4 is 4.90 Å². The molecule has 132 valence electrons. The van der Waals surface area contributed by atoms with Crippen molar-refractivity contribution in [1.82, 2.24) is 9.88 Å². The number of anilines is 1. The zero-order valence-corrected chi connectivity index (χ0v) is 15.2. The first-order chi connectivity index (χ1) is 12.0. The Morgan fingerprint density at radius 3 is 2.72 bits per heavy atom. The number of amides is 1. The summed E-state index contributed by atoms with van der Waals surface area (Å²) in [5, 5.41) is 0. The summed E-state index contributed by atoms with van der Waals surface area (Å²) < 4.78 is 5.39. The minimum absolute atomic E-state index is 0.0592. The van der Waals surface area contributed by atoms with Crippen LogP contribution in [0.2, 0.25) is 0 Å². The third kappa shape index (κ3) is 4.17. The summed E-state index contributed by atoms with van der Waals surface area (Å²) in [6.45, 7) is 7.85. The topological polar surface area (TPSA) is 45.7 Å². The molecule has 1 saturated heterocycles. The number of pyridine rings is 1. The van der Waals surface area contributed by atoms with Crippen LogP contribution in [0.5, 0.6) is 0 Å². The summed E-state index contributed by atoms with van der Waals surface area (Å²) in [6.07, 6.45) is 1.71. The van der Waals surface area contributed by atoms with E-state index < -0.39 is 0 Å². The minimum atomic E-state index is -0.0592. The zero-order valence-electron chi connectivity index (χ0n) is 15.2. The van der Waals surface area contributed by atoms with E-state index in [0.29, 0.717) is 12.2 Å². The molecular formula is C20H25N3O2.